The van der Waals surface area contributed by atoms with Gasteiger partial charge in [-0.3, -0.25) is 0 Å². The largest absolute Gasteiger partial charge is 0.422 e. The van der Waals surface area contributed by atoms with Crippen molar-refractivity contribution in [1.82, 2.24) is 0 Å². The summed E-state index contributed by atoms with van der Waals surface area (Å²) < 4.78 is 6.28. The average Bonchev–Trinajstić information content (AvgIpc) is 2.50. The third kappa shape index (κ3) is 2.94. The maximum absolute atomic E-state index is 12.3. The molecule has 3 aromatic rings. The van der Waals surface area contributed by atoms with Gasteiger partial charge in [0.05, 0.1) is 10.6 Å². The molecule has 0 heterocycles. The molecule has 0 radical (unpaired) electrons. The molecule has 0 amide bonds. The van der Waals surface area contributed by atoms with E-state index in [1.54, 1.807) is 24.3 Å². The number of ether oxygens (including phenoxy) is 1. The molecule has 0 aliphatic heterocycles. The molecular formula is C17H10BrClO2. The first-order chi connectivity index (χ1) is 10.1. The molecule has 2 nitrogen and oxygen atoms in total. The van der Waals surface area contributed by atoms with Crippen LogP contribution < -0.4 is 4.74 Å². The molecule has 0 spiro atoms. The van der Waals surface area contributed by atoms with Gasteiger partial charge < -0.3 is 4.74 Å². The second-order valence-electron chi connectivity index (χ2n) is 4.49. The van der Waals surface area contributed by atoms with Crippen molar-refractivity contribution in [2.75, 3.05) is 0 Å². The molecule has 0 aromatic heterocycles. The van der Waals surface area contributed by atoms with Crippen molar-refractivity contribution in [2.24, 2.45) is 0 Å². The lowest BCUT2D eigenvalue weighted by Gasteiger charge is -2.09. The van der Waals surface area contributed by atoms with Crippen LogP contribution in [0.25, 0.3) is 10.8 Å². The minimum atomic E-state index is -0.474. The summed E-state index contributed by atoms with van der Waals surface area (Å²) in [5, 5.41) is 2.27. The fourth-order valence-corrected chi connectivity index (χ4v) is 2.65. The Bertz CT molecular complexity index is 825. The third-order valence-electron chi connectivity index (χ3n) is 3.10. The second-order valence-corrected chi connectivity index (χ2v) is 5.81. The van der Waals surface area contributed by atoms with Gasteiger partial charge in [0.15, 0.2) is 0 Å². The second kappa shape index (κ2) is 5.88. The van der Waals surface area contributed by atoms with Crippen LogP contribution >= 0.6 is 27.5 Å². The Morgan fingerprint density at radius 3 is 2.62 bits per heavy atom. The van der Waals surface area contributed by atoms with Crippen molar-refractivity contribution in [2.45, 2.75) is 0 Å². The molecule has 0 aliphatic carbocycles. The van der Waals surface area contributed by atoms with E-state index < -0.39 is 5.97 Å². The van der Waals surface area contributed by atoms with Crippen LogP contribution in [-0.4, -0.2) is 5.97 Å². The molecule has 3 rings (SSSR count). The number of halogens is 2. The molecule has 0 saturated heterocycles. The number of benzene rings is 3. The number of carbonyl (C=O) groups excluding carboxylic acids is 1. The lowest BCUT2D eigenvalue weighted by atomic mass is 10.1. The zero-order chi connectivity index (χ0) is 14.8. The normalized spacial score (nSPS) is 10.6. The Labute approximate surface area is 135 Å². The van der Waals surface area contributed by atoms with Gasteiger partial charge in [-0.05, 0) is 29.7 Å². The van der Waals surface area contributed by atoms with Gasteiger partial charge in [0.1, 0.15) is 5.75 Å². The van der Waals surface area contributed by atoms with E-state index in [1.807, 2.05) is 36.4 Å². The van der Waals surface area contributed by atoms with E-state index in [0.717, 1.165) is 15.2 Å². The van der Waals surface area contributed by atoms with Gasteiger partial charge in [0.2, 0.25) is 0 Å². The van der Waals surface area contributed by atoms with E-state index in [-0.39, 0.29) is 0 Å². The van der Waals surface area contributed by atoms with Crippen LogP contribution in [0.15, 0.2) is 65.1 Å². The first kappa shape index (κ1) is 14.1. The standard InChI is InChI=1S/C17H10BrClO2/c18-12-8-9-15(19)14(10-12)17(20)21-16-7-3-5-11-4-1-2-6-13(11)16/h1-10H. The van der Waals surface area contributed by atoms with E-state index >= 15 is 0 Å². The summed E-state index contributed by atoms with van der Waals surface area (Å²) in [5.41, 5.74) is 0.332. The van der Waals surface area contributed by atoms with Crippen molar-refractivity contribution >= 4 is 44.3 Å². The van der Waals surface area contributed by atoms with E-state index in [2.05, 4.69) is 15.9 Å². The fourth-order valence-electron chi connectivity index (χ4n) is 2.09. The van der Waals surface area contributed by atoms with Crippen LogP contribution in [0.3, 0.4) is 0 Å². The fraction of sp³-hybridized carbons (Fsp3) is 0. The van der Waals surface area contributed by atoms with E-state index in [0.29, 0.717) is 16.3 Å². The molecule has 0 N–H and O–H groups in total. The highest BCUT2D eigenvalue weighted by Crippen LogP contribution is 2.27. The maximum Gasteiger partial charge on any atom is 0.345 e. The van der Waals surface area contributed by atoms with Gasteiger partial charge >= 0.3 is 5.97 Å². The number of esters is 1. The van der Waals surface area contributed by atoms with Crippen molar-refractivity contribution in [3.63, 3.8) is 0 Å². The molecule has 4 heteroatoms. The molecule has 0 bridgehead atoms. The third-order valence-corrected chi connectivity index (χ3v) is 3.92. The Hall–Kier alpha value is -1.84. The first-order valence-electron chi connectivity index (χ1n) is 6.30. The summed E-state index contributed by atoms with van der Waals surface area (Å²) in [6, 6.07) is 18.4. The molecule has 21 heavy (non-hydrogen) atoms. The molecule has 0 aliphatic rings. The van der Waals surface area contributed by atoms with E-state index in [1.165, 1.54) is 0 Å². The predicted octanol–water partition coefficient (Wildman–Crippen LogP) is 5.47. The zero-order valence-corrected chi connectivity index (χ0v) is 13.2. The van der Waals surface area contributed by atoms with Gasteiger partial charge in [0, 0.05) is 9.86 Å². The summed E-state index contributed by atoms with van der Waals surface area (Å²) in [4.78, 5) is 12.3. The first-order valence-corrected chi connectivity index (χ1v) is 7.47. The lowest BCUT2D eigenvalue weighted by molar-refractivity contribution is 0.0737. The molecular weight excluding hydrogens is 352 g/mol. The highest BCUT2D eigenvalue weighted by atomic mass is 79.9. The van der Waals surface area contributed by atoms with Crippen LogP contribution in [0.5, 0.6) is 5.75 Å². The highest BCUT2D eigenvalue weighted by molar-refractivity contribution is 9.10. The minimum Gasteiger partial charge on any atom is -0.422 e. The number of hydrogen-bond acceptors (Lipinski definition) is 2. The SMILES string of the molecule is O=C(Oc1cccc2ccccc12)c1cc(Br)ccc1Cl. The number of rotatable bonds is 2. The van der Waals surface area contributed by atoms with Crippen LogP contribution in [0, 0.1) is 0 Å². The Morgan fingerprint density at radius 2 is 1.76 bits per heavy atom. The molecule has 0 fully saturated rings. The van der Waals surface area contributed by atoms with Gasteiger partial charge in [-0.2, -0.15) is 0 Å². The molecule has 3 aromatic carbocycles. The van der Waals surface area contributed by atoms with Gasteiger partial charge in [-0.25, -0.2) is 4.79 Å². The van der Waals surface area contributed by atoms with E-state index in [4.69, 9.17) is 16.3 Å². The summed E-state index contributed by atoms with van der Waals surface area (Å²) in [7, 11) is 0. The van der Waals surface area contributed by atoms with Crippen molar-refractivity contribution in [3.05, 3.63) is 75.7 Å². The quantitative estimate of drug-likeness (QED) is 0.446. The van der Waals surface area contributed by atoms with Crippen molar-refractivity contribution < 1.29 is 9.53 Å². The number of carbonyl (C=O) groups is 1. The minimum absolute atomic E-state index is 0.332. The van der Waals surface area contributed by atoms with Crippen LogP contribution in [0.2, 0.25) is 5.02 Å². The van der Waals surface area contributed by atoms with E-state index in [9.17, 15) is 4.79 Å². The number of hydrogen-bond donors (Lipinski definition) is 0. The van der Waals surface area contributed by atoms with Crippen molar-refractivity contribution in [1.29, 1.82) is 0 Å². The summed E-state index contributed by atoms with van der Waals surface area (Å²) in [6.45, 7) is 0. The molecule has 104 valence electrons. The molecule has 0 atom stereocenters. The maximum atomic E-state index is 12.3. The summed E-state index contributed by atoms with van der Waals surface area (Å²) in [6.07, 6.45) is 0. The van der Waals surface area contributed by atoms with Gasteiger partial charge in [-0.1, -0.05) is 63.9 Å². The van der Waals surface area contributed by atoms with Crippen LogP contribution in [0.1, 0.15) is 10.4 Å². The topological polar surface area (TPSA) is 26.3 Å². The van der Waals surface area contributed by atoms with Gasteiger partial charge in [0.25, 0.3) is 0 Å². The Kier molecular flexibility index (Phi) is 3.95. The summed E-state index contributed by atoms with van der Waals surface area (Å²) >= 11 is 9.38. The van der Waals surface area contributed by atoms with Crippen LogP contribution in [0.4, 0.5) is 0 Å². The van der Waals surface area contributed by atoms with Crippen molar-refractivity contribution in [3.8, 4) is 5.75 Å². The Morgan fingerprint density at radius 1 is 1.00 bits per heavy atom. The van der Waals surface area contributed by atoms with Crippen LogP contribution in [-0.2, 0) is 0 Å². The zero-order valence-electron chi connectivity index (χ0n) is 10.8. The molecule has 0 saturated carbocycles. The average molecular weight is 362 g/mol. The lowest BCUT2D eigenvalue weighted by Crippen LogP contribution is -2.09. The monoisotopic (exact) mass is 360 g/mol. The number of fused-ring (bicyclic) bond motifs is 1. The van der Waals surface area contributed by atoms with Gasteiger partial charge in [-0.15, -0.1) is 0 Å². The summed E-state index contributed by atoms with van der Waals surface area (Å²) in [5.74, 6) is 0.0480. The molecule has 0 unspecified atom stereocenters. The predicted molar refractivity (Wildman–Crippen MR) is 88.1 cm³/mol. The highest BCUT2D eigenvalue weighted by Gasteiger charge is 2.14. The Balaban J connectivity index is 1.99. The smallest absolute Gasteiger partial charge is 0.345 e.